The van der Waals surface area contributed by atoms with Crippen LogP contribution in [0.15, 0.2) is 60.9 Å². The second-order valence-electron chi connectivity index (χ2n) is 11.3. The first-order valence-electron chi connectivity index (χ1n) is 14.4. The topological polar surface area (TPSA) is 105 Å². The largest absolute Gasteiger partial charge is 0.356 e. The van der Waals surface area contributed by atoms with Crippen LogP contribution in [-0.4, -0.2) is 56.6 Å². The third-order valence-electron chi connectivity index (χ3n) is 7.85. The molecule has 1 fully saturated rings. The summed E-state index contributed by atoms with van der Waals surface area (Å²) in [4.78, 5) is 36.7. The molecule has 0 spiro atoms. The molecular formula is C32H39N7O2. The number of amides is 2. The first-order valence-corrected chi connectivity index (χ1v) is 14.4. The van der Waals surface area contributed by atoms with E-state index in [1.807, 2.05) is 29.6 Å². The van der Waals surface area contributed by atoms with Gasteiger partial charge in [0.2, 0.25) is 11.8 Å². The minimum Gasteiger partial charge on any atom is -0.356 e. The Morgan fingerprint density at radius 2 is 1.71 bits per heavy atom. The molecule has 9 nitrogen and oxygen atoms in total. The number of nitrogens with zero attached hydrogens (tertiary/aromatic N) is 5. The molecule has 214 valence electrons. The first-order chi connectivity index (χ1) is 19.8. The molecule has 3 heterocycles. The molecule has 1 aliphatic rings. The molecule has 9 heteroatoms. The van der Waals surface area contributed by atoms with Gasteiger partial charge >= 0.3 is 0 Å². The van der Waals surface area contributed by atoms with Crippen LogP contribution in [0.2, 0.25) is 0 Å². The Kier molecular flexibility index (Phi) is 8.61. The molecule has 0 aliphatic carbocycles. The third kappa shape index (κ3) is 6.73. The van der Waals surface area contributed by atoms with E-state index in [1.54, 1.807) is 6.33 Å². The van der Waals surface area contributed by atoms with Gasteiger partial charge in [0, 0.05) is 50.2 Å². The van der Waals surface area contributed by atoms with Crippen molar-refractivity contribution in [3.05, 3.63) is 88.9 Å². The molecule has 0 bridgehead atoms. The average Bonchev–Trinajstić information content (AvgIpc) is 3.42. The van der Waals surface area contributed by atoms with Crippen LogP contribution in [0.5, 0.6) is 0 Å². The van der Waals surface area contributed by atoms with Crippen molar-refractivity contribution in [1.29, 1.82) is 0 Å². The molecule has 5 rings (SSSR count). The molecular weight excluding hydrogens is 514 g/mol. The molecule has 0 unspecified atom stereocenters. The van der Waals surface area contributed by atoms with Gasteiger partial charge in [-0.05, 0) is 42.4 Å². The fourth-order valence-electron chi connectivity index (χ4n) is 5.57. The third-order valence-corrected chi connectivity index (χ3v) is 7.85. The van der Waals surface area contributed by atoms with E-state index in [-0.39, 0.29) is 17.9 Å². The molecule has 2 amide bonds. The molecule has 0 saturated carbocycles. The van der Waals surface area contributed by atoms with Crippen LogP contribution in [0.3, 0.4) is 0 Å². The van der Waals surface area contributed by atoms with Gasteiger partial charge in [-0.15, -0.1) is 0 Å². The fourth-order valence-corrected chi connectivity index (χ4v) is 5.57. The number of benzene rings is 2. The number of hydrogen-bond donors (Lipinski definition) is 2. The summed E-state index contributed by atoms with van der Waals surface area (Å²) in [5.41, 5.74) is 5.56. The van der Waals surface area contributed by atoms with Gasteiger partial charge in [-0.2, -0.15) is 14.6 Å². The summed E-state index contributed by atoms with van der Waals surface area (Å²) in [6.45, 7) is 9.31. The Balaban J connectivity index is 1.28. The van der Waals surface area contributed by atoms with Crippen molar-refractivity contribution in [3.63, 3.8) is 0 Å². The van der Waals surface area contributed by atoms with Crippen LogP contribution >= 0.6 is 0 Å². The summed E-state index contributed by atoms with van der Waals surface area (Å²) in [6, 6.07) is 18.1. The van der Waals surface area contributed by atoms with E-state index in [9.17, 15) is 9.59 Å². The highest BCUT2D eigenvalue weighted by molar-refractivity contribution is 5.87. The quantitative estimate of drug-likeness (QED) is 0.325. The van der Waals surface area contributed by atoms with Gasteiger partial charge in [0.25, 0.3) is 5.78 Å². The van der Waals surface area contributed by atoms with Gasteiger partial charge in [0.1, 0.15) is 18.2 Å². The van der Waals surface area contributed by atoms with E-state index >= 15 is 0 Å². The van der Waals surface area contributed by atoms with Gasteiger partial charge < -0.3 is 15.5 Å². The monoisotopic (exact) mass is 553 g/mol. The van der Waals surface area contributed by atoms with Gasteiger partial charge in [-0.25, -0.2) is 4.98 Å². The Labute approximate surface area is 241 Å². The minimum absolute atomic E-state index is 0.0186. The van der Waals surface area contributed by atoms with Crippen molar-refractivity contribution in [2.45, 2.75) is 71.4 Å². The molecule has 0 radical (unpaired) electrons. The predicted molar refractivity (Wildman–Crippen MR) is 160 cm³/mol. The number of nitrogens with one attached hydrogen (secondary N) is 2. The highest BCUT2D eigenvalue weighted by Gasteiger charge is 2.28. The lowest BCUT2D eigenvalue weighted by atomic mass is 9.98. The molecule has 2 N–H and O–H groups in total. The molecule has 2 aromatic heterocycles. The molecule has 2 aromatic carbocycles. The van der Waals surface area contributed by atoms with Gasteiger partial charge in [-0.3, -0.25) is 9.59 Å². The summed E-state index contributed by atoms with van der Waals surface area (Å²) >= 11 is 0. The summed E-state index contributed by atoms with van der Waals surface area (Å²) in [7, 11) is 0. The molecule has 4 aromatic rings. The Morgan fingerprint density at radius 3 is 2.37 bits per heavy atom. The van der Waals surface area contributed by atoms with E-state index < -0.39 is 6.04 Å². The highest BCUT2D eigenvalue weighted by atomic mass is 16.2. The zero-order valence-electron chi connectivity index (χ0n) is 24.3. The lowest BCUT2D eigenvalue weighted by Crippen LogP contribution is -2.52. The Hall–Kier alpha value is -4.27. The van der Waals surface area contributed by atoms with E-state index in [1.165, 1.54) is 18.1 Å². The number of rotatable bonds is 9. The Morgan fingerprint density at radius 1 is 1.00 bits per heavy atom. The highest BCUT2D eigenvalue weighted by Crippen LogP contribution is 2.28. The maximum absolute atomic E-state index is 13.3. The molecule has 1 aliphatic heterocycles. The summed E-state index contributed by atoms with van der Waals surface area (Å²) in [5.74, 6) is 1.68. The van der Waals surface area contributed by atoms with E-state index in [0.717, 1.165) is 55.0 Å². The smallest absolute Gasteiger partial charge is 0.254 e. The number of carbonyl (C=O) groups excluding carboxylic acids is 2. The molecule has 1 atom stereocenters. The lowest BCUT2D eigenvalue weighted by molar-refractivity contribution is -0.128. The summed E-state index contributed by atoms with van der Waals surface area (Å²) in [6.07, 6.45) is 4.31. The summed E-state index contributed by atoms with van der Waals surface area (Å²) in [5, 5.41) is 10.6. The second-order valence-corrected chi connectivity index (χ2v) is 11.3. The maximum Gasteiger partial charge on any atom is 0.254 e. The Bertz CT molecular complexity index is 1490. The number of piperidine rings is 1. The van der Waals surface area contributed by atoms with Crippen molar-refractivity contribution in [2.75, 3.05) is 18.0 Å². The van der Waals surface area contributed by atoms with Crippen molar-refractivity contribution in [1.82, 2.24) is 30.2 Å². The van der Waals surface area contributed by atoms with Crippen molar-refractivity contribution >= 4 is 23.4 Å². The van der Waals surface area contributed by atoms with Crippen molar-refractivity contribution in [3.8, 4) is 0 Å². The number of anilines is 1. The van der Waals surface area contributed by atoms with Crippen LogP contribution in [0.4, 0.5) is 5.82 Å². The minimum atomic E-state index is -0.620. The van der Waals surface area contributed by atoms with Crippen molar-refractivity contribution in [2.24, 2.45) is 0 Å². The standard InChI is InChI=1S/C32H39N7O2/c1-21(2)26-12-10-25(11-13-26)19-29(36-23(4)40)30(41)37-27-14-16-38(17-15-27)31-28(18-24-8-6-5-7-9-24)22(3)35-32-33-20-34-39(31)32/h5-13,20-21,27,29H,14-19H2,1-4H3,(H,36,40)(H,37,41)/t29-/m1/s1. The second kappa shape index (κ2) is 12.5. The van der Waals surface area contributed by atoms with Crippen LogP contribution < -0.4 is 15.5 Å². The lowest BCUT2D eigenvalue weighted by Gasteiger charge is -2.35. The number of aromatic nitrogens is 4. The molecule has 1 saturated heterocycles. The van der Waals surface area contributed by atoms with Crippen LogP contribution in [0.25, 0.3) is 5.78 Å². The SMILES string of the molecule is CC(=O)N[C@H](Cc1ccc(C(C)C)cc1)C(=O)NC1CCN(c2c(Cc3ccccc3)c(C)nc3ncnn23)CC1. The maximum atomic E-state index is 13.3. The van der Waals surface area contributed by atoms with Gasteiger partial charge in [-0.1, -0.05) is 68.4 Å². The zero-order chi connectivity index (χ0) is 28.9. The normalized spacial score (nSPS) is 14.8. The number of hydrogen-bond acceptors (Lipinski definition) is 6. The molecule has 41 heavy (non-hydrogen) atoms. The average molecular weight is 554 g/mol. The van der Waals surface area contributed by atoms with Crippen LogP contribution in [-0.2, 0) is 22.4 Å². The van der Waals surface area contributed by atoms with E-state index in [2.05, 4.69) is 75.9 Å². The van der Waals surface area contributed by atoms with Crippen LogP contribution in [0.1, 0.15) is 67.5 Å². The fraction of sp³-hybridized carbons (Fsp3) is 0.406. The number of aryl methyl sites for hydroxylation is 1. The van der Waals surface area contributed by atoms with Crippen LogP contribution in [0, 0.1) is 6.92 Å². The van der Waals surface area contributed by atoms with E-state index in [4.69, 9.17) is 4.98 Å². The van der Waals surface area contributed by atoms with Gasteiger partial charge in [0.05, 0.1) is 0 Å². The zero-order valence-corrected chi connectivity index (χ0v) is 24.3. The number of carbonyl (C=O) groups is 2. The first kappa shape index (κ1) is 28.3. The predicted octanol–water partition coefficient (Wildman–Crippen LogP) is 3.98. The summed E-state index contributed by atoms with van der Waals surface area (Å²) < 4.78 is 1.83. The number of fused-ring (bicyclic) bond motifs is 1. The van der Waals surface area contributed by atoms with Gasteiger partial charge in [0.15, 0.2) is 0 Å². The van der Waals surface area contributed by atoms with Crippen molar-refractivity contribution < 1.29 is 9.59 Å². The van der Waals surface area contributed by atoms with E-state index in [0.29, 0.717) is 18.1 Å².